The van der Waals surface area contributed by atoms with Crippen molar-refractivity contribution in [2.45, 2.75) is 39.0 Å². The third-order valence-corrected chi connectivity index (χ3v) is 2.47. The molecule has 0 radical (unpaired) electrons. The molecule has 0 aliphatic rings. The molecule has 0 bridgehead atoms. The minimum atomic E-state index is -5.04. The van der Waals surface area contributed by atoms with Gasteiger partial charge in [-0.2, -0.15) is 18.3 Å². The van der Waals surface area contributed by atoms with E-state index in [1.54, 1.807) is 26.1 Å². The number of hydrogen-bond acceptors (Lipinski definition) is 5. The number of carbonyl (C=O) groups is 2. The molecule has 140 valence electrons. The number of aromatic nitrogens is 2. The van der Waals surface area contributed by atoms with Crippen LogP contribution in [-0.4, -0.2) is 52.6 Å². The molecule has 1 rings (SSSR count). The topological polar surface area (TPSA) is 97.6 Å². The highest BCUT2D eigenvalue weighted by Crippen LogP contribution is 2.14. The third-order valence-electron chi connectivity index (χ3n) is 2.47. The van der Waals surface area contributed by atoms with Gasteiger partial charge in [0.15, 0.2) is 0 Å². The number of rotatable bonds is 4. The summed E-state index contributed by atoms with van der Waals surface area (Å²) < 4.78 is 43.1. The number of carbonyl (C=O) groups excluding carboxylic acids is 2. The van der Waals surface area contributed by atoms with Crippen LogP contribution in [0.25, 0.3) is 0 Å². The number of amides is 2. The van der Waals surface area contributed by atoms with Crippen molar-refractivity contribution in [2.24, 2.45) is 4.99 Å². The summed E-state index contributed by atoms with van der Waals surface area (Å²) in [7, 11) is 0. The van der Waals surface area contributed by atoms with Crippen molar-refractivity contribution in [3.8, 4) is 0 Å². The molecule has 2 amide bonds. The second kappa shape index (κ2) is 8.49. The lowest BCUT2D eigenvalue weighted by Gasteiger charge is -2.19. The number of alkyl carbamates (subject to hydrolysis) is 1. The highest BCUT2D eigenvalue weighted by molar-refractivity contribution is 5.99. The molecule has 0 fully saturated rings. The summed E-state index contributed by atoms with van der Waals surface area (Å²) in [5, 5.41) is 7.89. The molecule has 1 heterocycles. The van der Waals surface area contributed by atoms with Gasteiger partial charge >= 0.3 is 18.2 Å². The van der Waals surface area contributed by atoms with Crippen molar-refractivity contribution in [2.75, 3.05) is 13.1 Å². The van der Waals surface area contributed by atoms with Gasteiger partial charge in [-0.1, -0.05) is 0 Å². The fourth-order valence-electron chi connectivity index (χ4n) is 1.50. The maximum Gasteiger partial charge on any atom is 0.471 e. The standard InChI is InChI=1S/C14H20F3N5O3/c1-13(2,3)25-12(24)19-7-4-6-18-11(22-9-5-8-20-22)21-10(23)14(15,16)17/h5,8-9H,4,6-7H2,1-3H3,(H,19,24)(H,18,21,23). The molecule has 0 saturated carbocycles. The van der Waals surface area contributed by atoms with Gasteiger partial charge in [0.25, 0.3) is 0 Å². The molecule has 0 aromatic carbocycles. The summed E-state index contributed by atoms with van der Waals surface area (Å²) >= 11 is 0. The lowest BCUT2D eigenvalue weighted by molar-refractivity contribution is -0.171. The Labute approximate surface area is 142 Å². The molecule has 25 heavy (non-hydrogen) atoms. The van der Waals surface area contributed by atoms with E-state index in [0.717, 1.165) is 4.68 Å². The Kier molecular flexibility index (Phi) is 6.95. The van der Waals surface area contributed by atoms with E-state index in [-0.39, 0.29) is 19.0 Å². The zero-order valence-corrected chi connectivity index (χ0v) is 14.1. The summed E-state index contributed by atoms with van der Waals surface area (Å²) in [5.74, 6) is -2.50. The smallest absolute Gasteiger partial charge is 0.444 e. The van der Waals surface area contributed by atoms with Crippen molar-refractivity contribution in [3.05, 3.63) is 18.5 Å². The number of nitrogens with zero attached hydrogens (tertiary/aromatic N) is 3. The molecular formula is C14H20F3N5O3. The Morgan fingerprint density at radius 1 is 1.28 bits per heavy atom. The van der Waals surface area contributed by atoms with E-state index in [4.69, 9.17) is 4.74 Å². The fourth-order valence-corrected chi connectivity index (χ4v) is 1.50. The van der Waals surface area contributed by atoms with Crippen molar-refractivity contribution in [1.29, 1.82) is 0 Å². The minimum absolute atomic E-state index is 0.0587. The zero-order chi connectivity index (χ0) is 19.1. The predicted molar refractivity (Wildman–Crippen MR) is 83.0 cm³/mol. The average molecular weight is 363 g/mol. The summed E-state index contributed by atoms with van der Waals surface area (Å²) in [4.78, 5) is 26.4. The number of aliphatic imine (C=N–C) groups is 1. The van der Waals surface area contributed by atoms with E-state index in [0.29, 0.717) is 6.42 Å². The van der Waals surface area contributed by atoms with Crippen LogP contribution in [0, 0.1) is 0 Å². The highest BCUT2D eigenvalue weighted by atomic mass is 19.4. The summed E-state index contributed by atoms with van der Waals surface area (Å²) in [6.45, 7) is 5.42. The van der Waals surface area contributed by atoms with Gasteiger partial charge < -0.3 is 10.1 Å². The van der Waals surface area contributed by atoms with Crippen LogP contribution in [0.2, 0.25) is 0 Å². The van der Waals surface area contributed by atoms with Crippen LogP contribution in [0.1, 0.15) is 27.2 Å². The van der Waals surface area contributed by atoms with E-state index in [2.05, 4.69) is 15.4 Å². The first-order valence-electron chi connectivity index (χ1n) is 7.38. The second-order valence-corrected chi connectivity index (χ2v) is 5.89. The molecular weight excluding hydrogens is 343 g/mol. The van der Waals surface area contributed by atoms with Crippen LogP contribution in [0.4, 0.5) is 18.0 Å². The van der Waals surface area contributed by atoms with Gasteiger partial charge in [0.05, 0.1) is 0 Å². The first-order valence-corrected chi connectivity index (χ1v) is 7.38. The third kappa shape index (κ3) is 8.18. The fraction of sp³-hybridized carbons (Fsp3) is 0.571. The summed E-state index contributed by atoms with van der Waals surface area (Å²) in [5.41, 5.74) is -0.628. The second-order valence-electron chi connectivity index (χ2n) is 5.89. The quantitative estimate of drug-likeness (QED) is 0.483. The molecule has 0 unspecified atom stereocenters. The van der Waals surface area contributed by atoms with Crippen molar-refractivity contribution in [1.82, 2.24) is 20.4 Å². The lowest BCUT2D eigenvalue weighted by Crippen LogP contribution is -2.43. The van der Waals surface area contributed by atoms with Gasteiger partial charge in [0.2, 0.25) is 5.96 Å². The van der Waals surface area contributed by atoms with E-state index in [1.807, 2.05) is 0 Å². The Bertz CT molecular complexity index is 606. The Hall–Kier alpha value is -2.59. The molecule has 0 aliphatic heterocycles. The molecule has 0 spiro atoms. The van der Waals surface area contributed by atoms with E-state index >= 15 is 0 Å². The van der Waals surface area contributed by atoms with Crippen LogP contribution in [0.15, 0.2) is 23.5 Å². The molecule has 1 aromatic rings. The summed E-state index contributed by atoms with van der Waals surface area (Å²) in [6.07, 6.45) is -2.64. The van der Waals surface area contributed by atoms with E-state index in [9.17, 15) is 22.8 Å². The normalized spacial score (nSPS) is 12.6. The molecule has 8 nitrogen and oxygen atoms in total. The van der Waals surface area contributed by atoms with Gasteiger partial charge in [-0.15, -0.1) is 0 Å². The molecule has 2 N–H and O–H groups in total. The van der Waals surface area contributed by atoms with E-state index in [1.165, 1.54) is 18.5 Å². The lowest BCUT2D eigenvalue weighted by atomic mass is 10.2. The molecule has 0 atom stereocenters. The number of alkyl halides is 3. The average Bonchev–Trinajstić information content (AvgIpc) is 2.96. The van der Waals surface area contributed by atoms with Gasteiger partial charge in [0.1, 0.15) is 5.60 Å². The predicted octanol–water partition coefficient (Wildman–Crippen LogP) is 1.68. The first-order chi connectivity index (χ1) is 11.5. The van der Waals surface area contributed by atoms with Gasteiger partial charge in [0, 0.05) is 25.5 Å². The molecule has 0 saturated heterocycles. The minimum Gasteiger partial charge on any atom is -0.444 e. The van der Waals surface area contributed by atoms with Gasteiger partial charge in [-0.05, 0) is 33.3 Å². The number of hydrogen-bond donors (Lipinski definition) is 2. The maximum atomic E-state index is 12.4. The molecule has 0 aliphatic carbocycles. The largest absolute Gasteiger partial charge is 0.471 e. The number of ether oxygens (including phenoxy) is 1. The first kappa shape index (κ1) is 20.5. The Morgan fingerprint density at radius 2 is 1.96 bits per heavy atom. The van der Waals surface area contributed by atoms with E-state index < -0.39 is 23.8 Å². The Balaban J connectivity index is 2.54. The number of nitrogens with one attached hydrogen (secondary N) is 2. The zero-order valence-electron chi connectivity index (χ0n) is 14.1. The number of halogens is 3. The van der Waals surface area contributed by atoms with Crippen molar-refractivity contribution in [3.63, 3.8) is 0 Å². The maximum absolute atomic E-state index is 12.4. The Morgan fingerprint density at radius 3 is 2.48 bits per heavy atom. The monoisotopic (exact) mass is 363 g/mol. The van der Waals surface area contributed by atoms with Crippen LogP contribution in [-0.2, 0) is 9.53 Å². The van der Waals surface area contributed by atoms with Crippen LogP contribution in [0.5, 0.6) is 0 Å². The van der Waals surface area contributed by atoms with Gasteiger partial charge in [-0.3, -0.25) is 15.1 Å². The van der Waals surface area contributed by atoms with Crippen molar-refractivity contribution >= 4 is 18.0 Å². The highest BCUT2D eigenvalue weighted by Gasteiger charge is 2.39. The molecule has 1 aromatic heterocycles. The van der Waals surface area contributed by atoms with Gasteiger partial charge in [-0.25, -0.2) is 9.48 Å². The summed E-state index contributed by atoms with van der Waals surface area (Å²) in [6, 6.07) is 1.47. The van der Waals surface area contributed by atoms with Crippen LogP contribution >= 0.6 is 0 Å². The van der Waals surface area contributed by atoms with Crippen molar-refractivity contribution < 1.29 is 27.5 Å². The molecule has 11 heteroatoms. The SMILES string of the molecule is CC(C)(C)OC(=O)NCCCN=C(NC(=O)C(F)(F)F)n1cccn1. The van der Waals surface area contributed by atoms with Crippen LogP contribution in [0.3, 0.4) is 0 Å². The van der Waals surface area contributed by atoms with Crippen LogP contribution < -0.4 is 10.6 Å².